The first kappa shape index (κ1) is 13.8. The topological polar surface area (TPSA) is 69.1 Å². The number of aromatic nitrogens is 3. The summed E-state index contributed by atoms with van der Waals surface area (Å²) in [5, 5.41) is 0.962. The SMILES string of the molecule is COC(Cn1cnc2c([nH]c3ccc(C)cc32)c1=O)OC. The first-order valence-electron chi connectivity index (χ1n) is 6.67. The van der Waals surface area contributed by atoms with Gasteiger partial charge in [-0.3, -0.25) is 9.36 Å². The first-order valence-corrected chi connectivity index (χ1v) is 6.67. The van der Waals surface area contributed by atoms with Crippen molar-refractivity contribution >= 4 is 21.9 Å². The fourth-order valence-electron chi connectivity index (χ4n) is 2.44. The normalized spacial score (nSPS) is 11.8. The average Bonchev–Trinajstić information content (AvgIpc) is 2.85. The molecular weight excluding hydrogens is 270 g/mol. The highest BCUT2D eigenvalue weighted by atomic mass is 16.7. The zero-order valence-corrected chi connectivity index (χ0v) is 12.2. The molecule has 0 fully saturated rings. The number of hydrogen-bond donors (Lipinski definition) is 1. The molecule has 3 aromatic rings. The highest BCUT2D eigenvalue weighted by Gasteiger charge is 2.13. The number of benzene rings is 1. The second-order valence-electron chi connectivity index (χ2n) is 5.00. The van der Waals surface area contributed by atoms with Gasteiger partial charge < -0.3 is 14.5 Å². The Bertz CT molecular complexity index is 846. The van der Waals surface area contributed by atoms with E-state index in [1.165, 1.54) is 25.1 Å². The molecule has 0 unspecified atom stereocenters. The van der Waals surface area contributed by atoms with E-state index in [0.29, 0.717) is 17.6 Å². The van der Waals surface area contributed by atoms with Crippen molar-refractivity contribution in [2.24, 2.45) is 0 Å². The molecule has 2 aromatic heterocycles. The van der Waals surface area contributed by atoms with Gasteiger partial charge in [0.15, 0.2) is 6.29 Å². The molecule has 2 heterocycles. The van der Waals surface area contributed by atoms with E-state index in [1.54, 1.807) is 0 Å². The Balaban J connectivity index is 2.17. The predicted molar refractivity (Wildman–Crippen MR) is 80.4 cm³/mol. The van der Waals surface area contributed by atoms with Crippen LogP contribution in [0.5, 0.6) is 0 Å². The average molecular weight is 287 g/mol. The van der Waals surface area contributed by atoms with Crippen molar-refractivity contribution in [3.8, 4) is 0 Å². The molecule has 110 valence electrons. The highest BCUT2D eigenvalue weighted by molar-refractivity contribution is 6.04. The summed E-state index contributed by atoms with van der Waals surface area (Å²) >= 11 is 0. The Hall–Kier alpha value is -2.18. The molecule has 0 aliphatic carbocycles. The number of nitrogens with zero attached hydrogens (tertiary/aromatic N) is 2. The summed E-state index contributed by atoms with van der Waals surface area (Å²) in [5.41, 5.74) is 3.11. The Morgan fingerprint density at radius 3 is 2.81 bits per heavy atom. The first-order chi connectivity index (χ1) is 10.1. The van der Waals surface area contributed by atoms with Gasteiger partial charge in [-0.05, 0) is 19.1 Å². The number of rotatable bonds is 4. The number of ether oxygens (including phenoxy) is 2. The van der Waals surface area contributed by atoms with Gasteiger partial charge in [-0.25, -0.2) is 4.98 Å². The number of aromatic amines is 1. The number of nitrogens with one attached hydrogen (secondary N) is 1. The molecule has 21 heavy (non-hydrogen) atoms. The van der Waals surface area contributed by atoms with E-state index >= 15 is 0 Å². The van der Waals surface area contributed by atoms with Crippen LogP contribution in [0.4, 0.5) is 0 Å². The number of methoxy groups -OCH3 is 2. The van der Waals surface area contributed by atoms with Crippen LogP contribution < -0.4 is 5.56 Å². The minimum atomic E-state index is -0.478. The van der Waals surface area contributed by atoms with Crippen LogP contribution in [0.25, 0.3) is 21.9 Å². The molecule has 6 heteroatoms. The fourth-order valence-corrected chi connectivity index (χ4v) is 2.44. The highest BCUT2D eigenvalue weighted by Crippen LogP contribution is 2.22. The molecule has 6 nitrogen and oxygen atoms in total. The molecule has 0 spiro atoms. The Kier molecular flexibility index (Phi) is 3.48. The summed E-state index contributed by atoms with van der Waals surface area (Å²) in [5.74, 6) is 0. The summed E-state index contributed by atoms with van der Waals surface area (Å²) in [6.07, 6.45) is 1.05. The van der Waals surface area contributed by atoms with Gasteiger partial charge in [0.1, 0.15) is 11.0 Å². The standard InChI is InChI=1S/C15H17N3O3/c1-9-4-5-11-10(6-9)13-14(17-11)15(19)18(8-16-13)7-12(20-2)21-3/h4-6,8,12,17H,7H2,1-3H3. The van der Waals surface area contributed by atoms with Crippen LogP contribution in [0.15, 0.2) is 29.3 Å². The van der Waals surface area contributed by atoms with Gasteiger partial charge in [0.25, 0.3) is 5.56 Å². The van der Waals surface area contributed by atoms with E-state index in [2.05, 4.69) is 9.97 Å². The van der Waals surface area contributed by atoms with E-state index in [-0.39, 0.29) is 5.56 Å². The molecule has 0 saturated carbocycles. The van der Waals surface area contributed by atoms with Gasteiger partial charge in [0.2, 0.25) is 0 Å². The monoisotopic (exact) mass is 287 g/mol. The van der Waals surface area contributed by atoms with Crippen molar-refractivity contribution in [1.82, 2.24) is 14.5 Å². The number of hydrogen-bond acceptors (Lipinski definition) is 4. The van der Waals surface area contributed by atoms with Crippen molar-refractivity contribution < 1.29 is 9.47 Å². The summed E-state index contributed by atoms with van der Waals surface area (Å²) < 4.78 is 11.7. The third kappa shape index (κ3) is 2.32. The van der Waals surface area contributed by atoms with Crippen LogP contribution >= 0.6 is 0 Å². The molecule has 0 atom stereocenters. The zero-order valence-electron chi connectivity index (χ0n) is 12.2. The van der Waals surface area contributed by atoms with Crippen LogP contribution in [-0.2, 0) is 16.0 Å². The van der Waals surface area contributed by atoms with Crippen LogP contribution in [0, 0.1) is 6.92 Å². The summed E-state index contributed by atoms with van der Waals surface area (Å²) in [7, 11) is 3.08. The van der Waals surface area contributed by atoms with Gasteiger partial charge in [-0.2, -0.15) is 0 Å². The van der Waals surface area contributed by atoms with E-state index in [9.17, 15) is 4.79 Å². The molecule has 3 rings (SSSR count). The summed E-state index contributed by atoms with van der Waals surface area (Å²) in [4.78, 5) is 20.1. The Labute approximate surface area is 121 Å². The maximum Gasteiger partial charge on any atom is 0.277 e. The largest absolute Gasteiger partial charge is 0.354 e. The lowest BCUT2D eigenvalue weighted by molar-refractivity contribution is -0.111. The third-order valence-electron chi connectivity index (χ3n) is 3.60. The molecule has 0 amide bonds. The lowest BCUT2D eigenvalue weighted by Crippen LogP contribution is -2.29. The van der Waals surface area contributed by atoms with E-state index in [0.717, 1.165) is 16.5 Å². The number of H-pyrrole nitrogens is 1. The predicted octanol–water partition coefficient (Wildman–Crippen LogP) is 1.81. The molecule has 1 aromatic carbocycles. The van der Waals surface area contributed by atoms with Crippen LogP contribution in [0.1, 0.15) is 5.56 Å². The lowest BCUT2D eigenvalue weighted by Gasteiger charge is -2.14. The minimum absolute atomic E-state index is 0.132. The van der Waals surface area contributed by atoms with Gasteiger partial charge in [-0.1, -0.05) is 11.6 Å². The van der Waals surface area contributed by atoms with Gasteiger partial charge in [-0.15, -0.1) is 0 Å². The zero-order chi connectivity index (χ0) is 15.0. The Morgan fingerprint density at radius 2 is 2.10 bits per heavy atom. The van der Waals surface area contributed by atoms with Crippen LogP contribution in [-0.4, -0.2) is 35.0 Å². The van der Waals surface area contributed by atoms with Gasteiger partial charge in [0.05, 0.1) is 12.9 Å². The summed E-state index contributed by atoms with van der Waals surface area (Å²) in [6, 6.07) is 5.99. The van der Waals surface area contributed by atoms with E-state index < -0.39 is 6.29 Å². The molecule has 0 radical (unpaired) electrons. The third-order valence-corrected chi connectivity index (χ3v) is 3.60. The molecule has 0 saturated heterocycles. The molecule has 1 N–H and O–H groups in total. The second-order valence-corrected chi connectivity index (χ2v) is 5.00. The van der Waals surface area contributed by atoms with Crippen molar-refractivity contribution in [3.63, 3.8) is 0 Å². The number of fused-ring (bicyclic) bond motifs is 3. The van der Waals surface area contributed by atoms with E-state index in [1.807, 2.05) is 25.1 Å². The second kappa shape index (κ2) is 5.31. The van der Waals surface area contributed by atoms with Gasteiger partial charge >= 0.3 is 0 Å². The maximum absolute atomic E-state index is 12.5. The van der Waals surface area contributed by atoms with Crippen LogP contribution in [0.2, 0.25) is 0 Å². The Morgan fingerprint density at radius 1 is 1.33 bits per heavy atom. The lowest BCUT2D eigenvalue weighted by atomic mass is 10.2. The molecule has 0 aliphatic rings. The van der Waals surface area contributed by atoms with Crippen LogP contribution in [0.3, 0.4) is 0 Å². The number of aryl methyl sites for hydroxylation is 1. The van der Waals surface area contributed by atoms with Gasteiger partial charge in [0, 0.05) is 25.1 Å². The minimum Gasteiger partial charge on any atom is -0.354 e. The van der Waals surface area contributed by atoms with Crippen molar-refractivity contribution in [2.75, 3.05) is 14.2 Å². The van der Waals surface area contributed by atoms with Crippen molar-refractivity contribution in [2.45, 2.75) is 19.8 Å². The molecule has 0 aliphatic heterocycles. The maximum atomic E-state index is 12.5. The fraction of sp³-hybridized carbons (Fsp3) is 0.333. The van der Waals surface area contributed by atoms with E-state index in [4.69, 9.17) is 9.47 Å². The van der Waals surface area contributed by atoms with Crippen molar-refractivity contribution in [1.29, 1.82) is 0 Å². The smallest absolute Gasteiger partial charge is 0.277 e. The quantitative estimate of drug-likeness (QED) is 0.743. The van der Waals surface area contributed by atoms with Crippen molar-refractivity contribution in [3.05, 3.63) is 40.4 Å². The molecular formula is C15H17N3O3. The molecule has 0 bridgehead atoms. The summed E-state index contributed by atoms with van der Waals surface area (Å²) in [6.45, 7) is 2.31.